The van der Waals surface area contributed by atoms with Crippen LogP contribution in [0.15, 0.2) is 18.2 Å². The summed E-state index contributed by atoms with van der Waals surface area (Å²) in [6, 6.07) is 4.63. The zero-order valence-corrected chi connectivity index (χ0v) is 15.0. The molecule has 1 aliphatic rings. The summed E-state index contributed by atoms with van der Waals surface area (Å²) in [7, 11) is 0. The molecule has 6 heteroatoms. The molecule has 2 rings (SSSR count). The van der Waals surface area contributed by atoms with Crippen LogP contribution in [0.2, 0.25) is 10.0 Å². The number of hydrogen-bond donors (Lipinski definition) is 1. The molecule has 1 heterocycles. The van der Waals surface area contributed by atoms with Gasteiger partial charge in [0.25, 0.3) is 0 Å². The second-order valence-electron chi connectivity index (χ2n) is 6.88. The zero-order chi connectivity index (χ0) is 16.9. The summed E-state index contributed by atoms with van der Waals surface area (Å²) < 4.78 is 0. The molecule has 1 atom stereocenters. The molecule has 22 heavy (non-hydrogen) atoms. The fraction of sp³-hybridized carbons (Fsp3) is 0.562. The number of carbonyl (C=O) groups excluding carboxylic acids is 1. The van der Waals surface area contributed by atoms with Crippen LogP contribution in [0.25, 0.3) is 0 Å². The first-order chi connectivity index (χ1) is 9.97. The highest BCUT2D eigenvalue weighted by Gasteiger charge is 2.51. The molecule has 1 aromatic rings. The van der Waals surface area contributed by atoms with Crippen LogP contribution in [0, 0.1) is 0 Å². The molecule has 2 amide bonds. The number of anilines is 1. The number of benzene rings is 1. The monoisotopic (exact) mass is 344 g/mol. The smallest absolute Gasteiger partial charge is 0.327 e. The summed E-state index contributed by atoms with van der Waals surface area (Å²) in [5.74, 6) is 0. The van der Waals surface area contributed by atoms with Crippen LogP contribution >= 0.6 is 23.2 Å². The SMILES string of the molecule is CC(C)N1C(=O)N(c2ccc(Cl)cc2Cl)[C@@](C)(O)CC1(C)C. The third-order valence-corrected chi connectivity index (χ3v) is 4.50. The van der Waals surface area contributed by atoms with Crippen molar-refractivity contribution in [2.75, 3.05) is 4.90 Å². The Balaban J connectivity index is 2.56. The Bertz CT molecular complexity index is 600. The first-order valence-electron chi connectivity index (χ1n) is 7.28. The van der Waals surface area contributed by atoms with Gasteiger partial charge >= 0.3 is 6.03 Å². The predicted molar refractivity (Wildman–Crippen MR) is 90.6 cm³/mol. The number of hydrogen-bond acceptors (Lipinski definition) is 2. The lowest BCUT2D eigenvalue weighted by Crippen LogP contribution is -2.69. The van der Waals surface area contributed by atoms with Crippen LogP contribution in [0.4, 0.5) is 10.5 Å². The average Bonchev–Trinajstić information content (AvgIpc) is 2.28. The van der Waals surface area contributed by atoms with Gasteiger partial charge in [0.05, 0.1) is 10.7 Å². The molecule has 1 aromatic carbocycles. The number of rotatable bonds is 2. The van der Waals surface area contributed by atoms with Gasteiger partial charge in [0.15, 0.2) is 0 Å². The van der Waals surface area contributed by atoms with Gasteiger partial charge in [-0.3, -0.25) is 4.90 Å². The van der Waals surface area contributed by atoms with Crippen molar-refractivity contribution >= 4 is 34.9 Å². The topological polar surface area (TPSA) is 43.8 Å². The summed E-state index contributed by atoms with van der Waals surface area (Å²) in [6.07, 6.45) is 0.406. The van der Waals surface area contributed by atoms with Gasteiger partial charge in [-0.2, -0.15) is 0 Å². The van der Waals surface area contributed by atoms with E-state index in [1.54, 1.807) is 30.0 Å². The number of halogens is 2. The van der Waals surface area contributed by atoms with Crippen molar-refractivity contribution in [1.82, 2.24) is 4.90 Å². The molecule has 0 aromatic heterocycles. The van der Waals surface area contributed by atoms with Crippen molar-refractivity contribution < 1.29 is 9.90 Å². The van der Waals surface area contributed by atoms with Crippen molar-refractivity contribution in [3.8, 4) is 0 Å². The van der Waals surface area contributed by atoms with Gasteiger partial charge in [-0.1, -0.05) is 23.2 Å². The average molecular weight is 345 g/mol. The molecule has 1 fully saturated rings. The lowest BCUT2D eigenvalue weighted by Gasteiger charge is -2.55. The molecule has 0 bridgehead atoms. The van der Waals surface area contributed by atoms with Crippen LogP contribution in [-0.4, -0.2) is 33.3 Å². The zero-order valence-electron chi connectivity index (χ0n) is 13.5. The number of carbonyl (C=O) groups is 1. The number of amides is 2. The first kappa shape index (κ1) is 17.4. The van der Waals surface area contributed by atoms with E-state index in [2.05, 4.69) is 0 Å². The van der Waals surface area contributed by atoms with Crippen molar-refractivity contribution in [1.29, 1.82) is 0 Å². The normalized spacial score (nSPS) is 25.0. The van der Waals surface area contributed by atoms with E-state index in [9.17, 15) is 9.90 Å². The summed E-state index contributed by atoms with van der Waals surface area (Å²) in [4.78, 5) is 16.2. The van der Waals surface area contributed by atoms with Gasteiger partial charge in [0.2, 0.25) is 0 Å². The molecule has 4 nitrogen and oxygen atoms in total. The number of aliphatic hydroxyl groups is 1. The molecule has 122 valence electrons. The number of urea groups is 1. The maximum absolute atomic E-state index is 13.0. The van der Waals surface area contributed by atoms with E-state index in [4.69, 9.17) is 23.2 Å². The highest BCUT2D eigenvalue weighted by Crippen LogP contribution is 2.42. The van der Waals surface area contributed by atoms with Crippen LogP contribution in [0.1, 0.15) is 41.0 Å². The quantitative estimate of drug-likeness (QED) is 0.856. The van der Waals surface area contributed by atoms with E-state index in [-0.39, 0.29) is 12.1 Å². The molecule has 0 unspecified atom stereocenters. The first-order valence-corrected chi connectivity index (χ1v) is 8.04. The minimum absolute atomic E-state index is 0.00664. The van der Waals surface area contributed by atoms with Crippen LogP contribution in [0.3, 0.4) is 0 Å². The minimum Gasteiger partial charge on any atom is -0.371 e. The standard InChI is InChI=1S/C16H22Cl2N2O2/c1-10(2)19-14(21)20(16(5,22)9-15(19,3)4)13-7-6-11(17)8-12(13)18/h6-8,10,22H,9H2,1-5H3/t16-/m0/s1. The number of nitrogens with zero attached hydrogens (tertiary/aromatic N) is 2. The Kier molecular flexibility index (Phi) is 4.42. The second kappa shape index (κ2) is 5.59. The van der Waals surface area contributed by atoms with E-state index in [1.807, 2.05) is 27.7 Å². The Morgan fingerprint density at radius 3 is 2.32 bits per heavy atom. The van der Waals surface area contributed by atoms with Crippen LogP contribution in [0.5, 0.6) is 0 Å². The lowest BCUT2D eigenvalue weighted by molar-refractivity contribution is -0.0334. The van der Waals surface area contributed by atoms with Crippen molar-refractivity contribution in [3.63, 3.8) is 0 Å². The Labute approximate surface area is 141 Å². The Morgan fingerprint density at radius 2 is 1.82 bits per heavy atom. The van der Waals surface area contributed by atoms with Gasteiger partial charge < -0.3 is 10.0 Å². The van der Waals surface area contributed by atoms with Crippen molar-refractivity contribution in [2.24, 2.45) is 0 Å². The summed E-state index contributed by atoms with van der Waals surface area (Å²) in [6.45, 7) is 9.47. The van der Waals surface area contributed by atoms with Crippen molar-refractivity contribution in [3.05, 3.63) is 28.2 Å². The lowest BCUT2D eigenvalue weighted by atomic mass is 9.86. The molecule has 1 saturated heterocycles. The van der Waals surface area contributed by atoms with Crippen LogP contribution in [-0.2, 0) is 0 Å². The van der Waals surface area contributed by atoms with Gasteiger partial charge in [0.1, 0.15) is 5.72 Å². The third-order valence-electron chi connectivity index (χ3n) is 3.97. The molecule has 0 saturated carbocycles. The third kappa shape index (κ3) is 2.92. The van der Waals surface area contributed by atoms with Gasteiger partial charge in [-0.15, -0.1) is 0 Å². The molecule has 0 radical (unpaired) electrons. The summed E-state index contributed by atoms with van der Waals surface area (Å²) in [5, 5.41) is 11.7. The highest BCUT2D eigenvalue weighted by molar-refractivity contribution is 6.36. The van der Waals surface area contributed by atoms with E-state index in [1.165, 1.54) is 4.90 Å². The van der Waals surface area contributed by atoms with E-state index >= 15 is 0 Å². The molecule has 0 aliphatic carbocycles. The van der Waals surface area contributed by atoms with E-state index in [0.29, 0.717) is 22.2 Å². The molecule has 1 N–H and O–H groups in total. The Hall–Kier alpha value is -0.970. The molecular formula is C16H22Cl2N2O2. The fourth-order valence-corrected chi connectivity index (χ4v) is 3.99. The van der Waals surface area contributed by atoms with Gasteiger partial charge in [-0.05, 0) is 52.8 Å². The molecule has 1 aliphatic heterocycles. The van der Waals surface area contributed by atoms with Crippen molar-refractivity contribution in [2.45, 2.75) is 58.3 Å². The largest absolute Gasteiger partial charge is 0.371 e. The Morgan fingerprint density at radius 1 is 1.23 bits per heavy atom. The van der Waals surface area contributed by atoms with E-state index < -0.39 is 11.3 Å². The summed E-state index contributed by atoms with van der Waals surface area (Å²) in [5.41, 5.74) is -1.32. The maximum Gasteiger partial charge on any atom is 0.327 e. The summed E-state index contributed by atoms with van der Waals surface area (Å²) >= 11 is 12.2. The van der Waals surface area contributed by atoms with Gasteiger partial charge in [-0.25, -0.2) is 4.79 Å². The van der Waals surface area contributed by atoms with E-state index in [0.717, 1.165) is 0 Å². The maximum atomic E-state index is 13.0. The van der Waals surface area contributed by atoms with Gasteiger partial charge in [0, 0.05) is 23.0 Å². The second-order valence-corrected chi connectivity index (χ2v) is 7.73. The fourth-order valence-electron chi connectivity index (χ4n) is 3.50. The predicted octanol–water partition coefficient (Wildman–Crippen LogP) is 4.52. The van der Waals surface area contributed by atoms with Crippen LogP contribution < -0.4 is 4.90 Å². The highest BCUT2D eigenvalue weighted by atomic mass is 35.5. The molecular weight excluding hydrogens is 323 g/mol. The molecule has 0 spiro atoms. The minimum atomic E-state index is -1.33.